The van der Waals surface area contributed by atoms with Gasteiger partial charge in [-0.05, 0) is 30.4 Å². The summed E-state index contributed by atoms with van der Waals surface area (Å²) in [6.07, 6.45) is 3.05. The summed E-state index contributed by atoms with van der Waals surface area (Å²) in [6.45, 7) is 4.24. The van der Waals surface area contributed by atoms with Gasteiger partial charge in [-0.15, -0.1) is 11.3 Å². The maximum atomic E-state index is 12.1. The van der Waals surface area contributed by atoms with Crippen LogP contribution in [0, 0.1) is 0 Å². The molecule has 2 N–H and O–H groups in total. The number of hydrogen-bond acceptors (Lipinski definition) is 3. The number of nitrogens with one attached hydrogen (secondary N) is 2. The Bertz CT molecular complexity index is 450. The van der Waals surface area contributed by atoms with Gasteiger partial charge in [-0.25, -0.2) is 0 Å². The zero-order valence-corrected chi connectivity index (χ0v) is 10.9. The van der Waals surface area contributed by atoms with E-state index in [0.717, 1.165) is 17.7 Å². The molecule has 0 radical (unpaired) electrons. The lowest BCUT2D eigenvalue weighted by atomic mass is 10.0. The van der Waals surface area contributed by atoms with Crippen molar-refractivity contribution < 1.29 is 9.59 Å². The van der Waals surface area contributed by atoms with E-state index in [1.165, 1.54) is 6.08 Å². The number of thiophene rings is 1. The first-order chi connectivity index (χ1) is 8.69. The lowest BCUT2D eigenvalue weighted by molar-refractivity contribution is -0.123. The Labute approximate surface area is 110 Å². The second kappa shape index (κ2) is 5.35. The van der Waals surface area contributed by atoms with E-state index < -0.39 is 0 Å². The summed E-state index contributed by atoms with van der Waals surface area (Å²) in [5.74, 6) is -0.151. The molecule has 0 spiro atoms. The zero-order valence-electron chi connectivity index (χ0n) is 10.1. The lowest BCUT2D eigenvalue weighted by Crippen LogP contribution is -2.39. The van der Waals surface area contributed by atoms with Crippen molar-refractivity contribution in [2.24, 2.45) is 0 Å². The van der Waals surface area contributed by atoms with Crippen molar-refractivity contribution in [3.05, 3.63) is 35.0 Å². The summed E-state index contributed by atoms with van der Waals surface area (Å²) in [7, 11) is 0. The molecule has 1 aliphatic carbocycles. The van der Waals surface area contributed by atoms with E-state index >= 15 is 0 Å². The van der Waals surface area contributed by atoms with E-state index in [2.05, 4.69) is 17.2 Å². The van der Waals surface area contributed by atoms with Gasteiger partial charge in [-0.1, -0.05) is 12.6 Å². The molecule has 0 atom stereocenters. The third-order valence-electron chi connectivity index (χ3n) is 3.07. The van der Waals surface area contributed by atoms with Gasteiger partial charge < -0.3 is 10.6 Å². The quantitative estimate of drug-likeness (QED) is 0.599. The van der Waals surface area contributed by atoms with E-state index in [1.54, 1.807) is 11.3 Å². The molecule has 0 saturated heterocycles. The molecule has 1 fully saturated rings. The van der Waals surface area contributed by atoms with E-state index in [1.807, 2.05) is 17.5 Å². The molecule has 0 aromatic carbocycles. The molecule has 0 bridgehead atoms. The number of carbonyl (C=O) groups is 2. The molecule has 0 aliphatic heterocycles. The van der Waals surface area contributed by atoms with Crippen LogP contribution in [0.4, 0.5) is 0 Å². The highest BCUT2D eigenvalue weighted by atomic mass is 32.1. The Morgan fingerprint density at radius 2 is 2.11 bits per heavy atom. The molecule has 96 valence electrons. The minimum atomic E-state index is -0.295. The molecular weight excluding hydrogens is 248 g/mol. The smallest absolute Gasteiger partial charge is 0.243 e. The molecule has 5 heteroatoms. The Balaban J connectivity index is 1.79. The predicted octanol–water partition coefficient (Wildman–Crippen LogP) is 1.20. The summed E-state index contributed by atoms with van der Waals surface area (Å²) in [5, 5.41) is 7.49. The van der Waals surface area contributed by atoms with Crippen LogP contribution in [0.15, 0.2) is 30.2 Å². The Kier molecular flexibility index (Phi) is 3.81. The lowest BCUT2D eigenvalue weighted by Gasteiger charge is -2.13. The first-order valence-electron chi connectivity index (χ1n) is 5.91. The fourth-order valence-corrected chi connectivity index (χ4v) is 2.85. The van der Waals surface area contributed by atoms with Crippen LogP contribution in [-0.2, 0) is 15.0 Å². The monoisotopic (exact) mass is 264 g/mol. The second-order valence-corrected chi connectivity index (χ2v) is 5.26. The van der Waals surface area contributed by atoms with Crippen molar-refractivity contribution in [3.8, 4) is 0 Å². The highest BCUT2D eigenvalue weighted by Crippen LogP contribution is 2.50. The topological polar surface area (TPSA) is 58.2 Å². The molecule has 1 saturated carbocycles. The Morgan fingerprint density at radius 1 is 1.39 bits per heavy atom. The Hall–Kier alpha value is -1.62. The minimum absolute atomic E-state index is 0.0674. The van der Waals surface area contributed by atoms with Gasteiger partial charge in [0.2, 0.25) is 11.8 Å². The van der Waals surface area contributed by atoms with Gasteiger partial charge in [0.15, 0.2) is 0 Å². The predicted molar refractivity (Wildman–Crippen MR) is 71.4 cm³/mol. The van der Waals surface area contributed by atoms with Crippen LogP contribution >= 0.6 is 11.3 Å². The van der Waals surface area contributed by atoms with Gasteiger partial charge in [0.25, 0.3) is 0 Å². The van der Waals surface area contributed by atoms with Crippen molar-refractivity contribution >= 4 is 23.2 Å². The third-order valence-corrected chi connectivity index (χ3v) is 4.15. The normalized spacial score (nSPS) is 15.8. The van der Waals surface area contributed by atoms with Gasteiger partial charge in [0.05, 0.1) is 5.41 Å². The molecule has 2 rings (SSSR count). The molecular formula is C13H16N2O2S. The van der Waals surface area contributed by atoms with Crippen molar-refractivity contribution in [1.82, 2.24) is 10.6 Å². The van der Waals surface area contributed by atoms with Crippen LogP contribution < -0.4 is 10.6 Å². The third kappa shape index (κ3) is 2.61. The van der Waals surface area contributed by atoms with Crippen molar-refractivity contribution in [1.29, 1.82) is 0 Å². The van der Waals surface area contributed by atoms with Crippen LogP contribution in [0.25, 0.3) is 0 Å². The average Bonchev–Trinajstić information content (AvgIpc) is 3.01. The van der Waals surface area contributed by atoms with Crippen molar-refractivity contribution in [2.75, 3.05) is 13.1 Å². The maximum Gasteiger partial charge on any atom is 0.243 e. The van der Waals surface area contributed by atoms with Gasteiger partial charge in [-0.2, -0.15) is 0 Å². The molecule has 4 nitrogen and oxygen atoms in total. The molecule has 0 unspecified atom stereocenters. The van der Waals surface area contributed by atoms with E-state index in [-0.39, 0.29) is 17.2 Å². The van der Waals surface area contributed by atoms with Gasteiger partial charge in [0.1, 0.15) is 0 Å². The standard InChI is InChI=1S/C13H16N2O2S/c1-2-11(16)14-7-8-15-12(17)13(5-6-13)10-4-3-9-18-10/h2-4,9H,1,5-8H2,(H,14,16)(H,15,17). The Morgan fingerprint density at radius 3 is 2.67 bits per heavy atom. The number of carbonyl (C=O) groups excluding carboxylic acids is 2. The molecule has 1 aromatic rings. The highest BCUT2D eigenvalue weighted by Gasteiger charge is 2.51. The SMILES string of the molecule is C=CC(=O)NCCNC(=O)C1(c2cccs2)CC1. The number of hydrogen-bond donors (Lipinski definition) is 2. The van der Waals surface area contributed by atoms with Crippen LogP contribution in [0.1, 0.15) is 17.7 Å². The molecule has 18 heavy (non-hydrogen) atoms. The average molecular weight is 264 g/mol. The number of amides is 2. The molecule has 1 heterocycles. The van der Waals surface area contributed by atoms with E-state index in [4.69, 9.17) is 0 Å². The first kappa shape index (κ1) is 12.8. The highest BCUT2D eigenvalue weighted by molar-refractivity contribution is 7.10. The minimum Gasteiger partial charge on any atom is -0.354 e. The maximum absolute atomic E-state index is 12.1. The largest absolute Gasteiger partial charge is 0.354 e. The van der Waals surface area contributed by atoms with Crippen LogP contribution in [0.5, 0.6) is 0 Å². The first-order valence-corrected chi connectivity index (χ1v) is 6.79. The summed E-state index contributed by atoms with van der Waals surface area (Å²) in [5.41, 5.74) is -0.295. The summed E-state index contributed by atoms with van der Waals surface area (Å²) in [6, 6.07) is 3.98. The molecule has 1 aliphatic rings. The second-order valence-electron chi connectivity index (χ2n) is 4.31. The summed E-state index contributed by atoms with van der Waals surface area (Å²) >= 11 is 1.62. The van der Waals surface area contributed by atoms with Crippen molar-refractivity contribution in [2.45, 2.75) is 18.3 Å². The zero-order chi connectivity index (χ0) is 13.0. The van der Waals surface area contributed by atoms with Gasteiger partial charge in [0, 0.05) is 18.0 Å². The van der Waals surface area contributed by atoms with Crippen molar-refractivity contribution in [3.63, 3.8) is 0 Å². The van der Waals surface area contributed by atoms with Gasteiger partial charge in [-0.3, -0.25) is 9.59 Å². The van der Waals surface area contributed by atoms with Crippen LogP contribution in [0.3, 0.4) is 0 Å². The van der Waals surface area contributed by atoms with Gasteiger partial charge >= 0.3 is 0 Å². The fraction of sp³-hybridized carbons (Fsp3) is 0.385. The number of rotatable bonds is 6. The van der Waals surface area contributed by atoms with E-state index in [0.29, 0.717) is 13.1 Å². The van der Waals surface area contributed by atoms with Crippen LogP contribution in [0.2, 0.25) is 0 Å². The molecule has 2 amide bonds. The van der Waals surface area contributed by atoms with E-state index in [9.17, 15) is 9.59 Å². The molecule has 1 aromatic heterocycles. The fourth-order valence-electron chi connectivity index (χ4n) is 1.86. The summed E-state index contributed by atoms with van der Waals surface area (Å²) in [4.78, 5) is 24.1. The summed E-state index contributed by atoms with van der Waals surface area (Å²) < 4.78 is 0. The van der Waals surface area contributed by atoms with Crippen LogP contribution in [-0.4, -0.2) is 24.9 Å².